The van der Waals surface area contributed by atoms with E-state index in [4.69, 9.17) is 5.73 Å². The average molecular weight is 102 g/mol. The van der Waals surface area contributed by atoms with Gasteiger partial charge in [-0.25, -0.2) is 0 Å². The van der Waals surface area contributed by atoms with Crippen LogP contribution in [0.5, 0.6) is 0 Å². The molecule has 2 N–H and O–H groups in total. The summed E-state index contributed by atoms with van der Waals surface area (Å²) in [5.41, 5.74) is 5.10. The Balaban J connectivity index is 3.16. The molecular formula is C4H10N2O. The van der Waals surface area contributed by atoms with E-state index in [-0.39, 0.29) is 6.04 Å². The Morgan fingerprint density at radius 2 is 2.43 bits per heavy atom. The molecule has 0 aromatic rings. The average Bonchev–Trinajstić information content (AvgIpc) is 1.72. The zero-order valence-corrected chi connectivity index (χ0v) is 4.42. The number of nitroso groups, excluding NO2 is 1. The summed E-state index contributed by atoms with van der Waals surface area (Å²) in [6, 6.07) is -0.167. The lowest BCUT2D eigenvalue weighted by Crippen LogP contribution is -2.15. The summed E-state index contributed by atoms with van der Waals surface area (Å²) in [7, 11) is 0. The highest BCUT2D eigenvalue weighted by Gasteiger charge is 1.98. The summed E-state index contributed by atoms with van der Waals surface area (Å²) in [5.74, 6) is 0. The van der Waals surface area contributed by atoms with E-state index in [0.717, 1.165) is 6.42 Å². The predicted molar refractivity (Wildman–Crippen MR) is 28.9 cm³/mol. The van der Waals surface area contributed by atoms with Gasteiger partial charge in [0.2, 0.25) is 0 Å². The molecule has 0 rings (SSSR count). The first kappa shape index (κ1) is 6.56. The SMILES string of the molecule is CCC(CN)N=O. The minimum absolute atomic E-state index is 0.167. The van der Waals surface area contributed by atoms with Gasteiger partial charge in [-0.2, -0.15) is 4.91 Å². The topological polar surface area (TPSA) is 55.4 Å². The van der Waals surface area contributed by atoms with E-state index in [2.05, 4.69) is 5.18 Å². The smallest absolute Gasteiger partial charge is 0.104 e. The van der Waals surface area contributed by atoms with Gasteiger partial charge in [-0.3, -0.25) is 0 Å². The molecule has 0 bridgehead atoms. The molecule has 7 heavy (non-hydrogen) atoms. The molecule has 0 amide bonds. The van der Waals surface area contributed by atoms with Crippen molar-refractivity contribution in [3.8, 4) is 0 Å². The van der Waals surface area contributed by atoms with Crippen molar-refractivity contribution in [3.63, 3.8) is 0 Å². The number of rotatable bonds is 3. The van der Waals surface area contributed by atoms with Crippen LogP contribution in [0.4, 0.5) is 0 Å². The quantitative estimate of drug-likeness (QED) is 0.527. The molecule has 0 spiro atoms. The second-order valence-electron chi connectivity index (χ2n) is 1.40. The van der Waals surface area contributed by atoms with Crippen molar-refractivity contribution in [2.75, 3.05) is 6.54 Å². The first-order chi connectivity index (χ1) is 3.35. The van der Waals surface area contributed by atoms with Crippen LogP contribution in [0.15, 0.2) is 5.18 Å². The van der Waals surface area contributed by atoms with Gasteiger partial charge in [0.25, 0.3) is 0 Å². The van der Waals surface area contributed by atoms with Crippen LogP contribution >= 0.6 is 0 Å². The first-order valence-corrected chi connectivity index (χ1v) is 2.37. The molecule has 0 aromatic heterocycles. The van der Waals surface area contributed by atoms with Crippen molar-refractivity contribution in [2.24, 2.45) is 10.9 Å². The normalized spacial score (nSPS) is 13.4. The van der Waals surface area contributed by atoms with Crippen molar-refractivity contribution < 1.29 is 0 Å². The number of nitrogens with two attached hydrogens (primary N) is 1. The van der Waals surface area contributed by atoms with Gasteiger partial charge in [0.1, 0.15) is 6.04 Å². The maximum Gasteiger partial charge on any atom is 0.104 e. The number of nitrogens with zero attached hydrogens (tertiary/aromatic N) is 1. The van der Waals surface area contributed by atoms with Gasteiger partial charge in [-0.15, -0.1) is 0 Å². The number of hydrogen-bond acceptors (Lipinski definition) is 3. The minimum Gasteiger partial charge on any atom is -0.328 e. The molecule has 1 atom stereocenters. The Labute approximate surface area is 42.9 Å². The summed E-state index contributed by atoms with van der Waals surface area (Å²) in [4.78, 5) is 9.64. The number of hydrogen-bond donors (Lipinski definition) is 1. The summed E-state index contributed by atoms with van der Waals surface area (Å²) < 4.78 is 0. The van der Waals surface area contributed by atoms with Crippen LogP contribution in [0.2, 0.25) is 0 Å². The Kier molecular flexibility index (Phi) is 3.50. The molecular weight excluding hydrogens is 92.1 g/mol. The van der Waals surface area contributed by atoms with Gasteiger partial charge in [0.05, 0.1) is 0 Å². The third-order valence-electron chi connectivity index (χ3n) is 0.892. The van der Waals surface area contributed by atoms with Gasteiger partial charge in [-0.1, -0.05) is 12.1 Å². The first-order valence-electron chi connectivity index (χ1n) is 2.37. The second kappa shape index (κ2) is 3.74. The molecule has 1 unspecified atom stereocenters. The summed E-state index contributed by atoms with van der Waals surface area (Å²) in [6.45, 7) is 2.26. The molecule has 3 heteroatoms. The monoisotopic (exact) mass is 102 g/mol. The van der Waals surface area contributed by atoms with Crippen molar-refractivity contribution >= 4 is 0 Å². The van der Waals surface area contributed by atoms with E-state index < -0.39 is 0 Å². The zero-order chi connectivity index (χ0) is 5.70. The summed E-state index contributed by atoms with van der Waals surface area (Å²) in [6.07, 6.45) is 0.750. The van der Waals surface area contributed by atoms with Gasteiger partial charge >= 0.3 is 0 Å². The molecule has 3 nitrogen and oxygen atoms in total. The Morgan fingerprint density at radius 3 is 2.43 bits per heavy atom. The minimum atomic E-state index is -0.167. The maximum atomic E-state index is 9.64. The van der Waals surface area contributed by atoms with E-state index >= 15 is 0 Å². The molecule has 42 valence electrons. The highest BCUT2D eigenvalue weighted by Crippen LogP contribution is 1.90. The fourth-order valence-corrected chi connectivity index (χ4v) is 0.284. The van der Waals surface area contributed by atoms with E-state index in [0.29, 0.717) is 6.54 Å². The Hall–Kier alpha value is -0.440. The summed E-state index contributed by atoms with van der Waals surface area (Å²) >= 11 is 0. The largest absolute Gasteiger partial charge is 0.328 e. The van der Waals surface area contributed by atoms with Crippen LogP contribution in [-0.2, 0) is 0 Å². The fourth-order valence-electron chi connectivity index (χ4n) is 0.284. The van der Waals surface area contributed by atoms with Crippen LogP contribution in [0.1, 0.15) is 13.3 Å². The van der Waals surface area contributed by atoms with E-state index in [1.807, 2.05) is 6.92 Å². The van der Waals surface area contributed by atoms with Crippen LogP contribution in [0.3, 0.4) is 0 Å². The second-order valence-corrected chi connectivity index (χ2v) is 1.40. The zero-order valence-electron chi connectivity index (χ0n) is 4.42. The Morgan fingerprint density at radius 1 is 1.86 bits per heavy atom. The molecule has 0 aliphatic rings. The van der Waals surface area contributed by atoms with E-state index in [1.165, 1.54) is 0 Å². The van der Waals surface area contributed by atoms with Crippen molar-refractivity contribution in [3.05, 3.63) is 4.91 Å². The van der Waals surface area contributed by atoms with Gasteiger partial charge in [0.15, 0.2) is 0 Å². The molecule has 0 aliphatic carbocycles. The standard InChI is InChI=1S/C4H10N2O/c1-2-4(3-5)6-7/h4H,2-3,5H2,1H3. The van der Waals surface area contributed by atoms with Gasteiger partial charge in [0, 0.05) is 6.54 Å². The molecule has 0 radical (unpaired) electrons. The lowest BCUT2D eigenvalue weighted by atomic mass is 10.2. The third kappa shape index (κ3) is 2.28. The lowest BCUT2D eigenvalue weighted by molar-refractivity contribution is 0.657. The van der Waals surface area contributed by atoms with Crippen LogP contribution in [-0.4, -0.2) is 12.6 Å². The van der Waals surface area contributed by atoms with Crippen LogP contribution < -0.4 is 5.73 Å². The van der Waals surface area contributed by atoms with Gasteiger partial charge in [-0.05, 0) is 6.42 Å². The molecule has 0 aliphatic heterocycles. The molecule has 0 aromatic carbocycles. The van der Waals surface area contributed by atoms with Gasteiger partial charge < -0.3 is 5.73 Å². The molecule has 0 heterocycles. The van der Waals surface area contributed by atoms with Crippen molar-refractivity contribution in [1.82, 2.24) is 0 Å². The van der Waals surface area contributed by atoms with Crippen LogP contribution in [0.25, 0.3) is 0 Å². The van der Waals surface area contributed by atoms with Crippen molar-refractivity contribution in [2.45, 2.75) is 19.4 Å². The predicted octanol–water partition coefficient (Wildman–Crippen LogP) is 0.490. The third-order valence-corrected chi connectivity index (χ3v) is 0.892. The van der Waals surface area contributed by atoms with E-state index in [1.54, 1.807) is 0 Å². The molecule has 0 saturated carbocycles. The fraction of sp³-hybridized carbons (Fsp3) is 1.00. The highest BCUT2D eigenvalue weighted by atomic mass is 16.3. The summed E-state index contributed by atoms with van der Waals surface area (Å²) in [5, 5.41) is 2.75. The molecule has 0 fully saturated rings. The lowest BCUT2D eigenvalue weighted by Gasteiger charge is -1.96. The maximum absolute atomic E-state index is 9.64. The molecule has 0 saturated heterocycles. The van der Waals surface area contributed by atoms with Crippen LogP contribution in [0, 0.1) is 4.91 Å². The Bertz CT molecular complexity index is 51.7. The van der Waals surface area contributed by atoms with Crippen molar-refractivity contribution in [1.29, 1.82) is 0 Å². The van der Waals surface area contributed by atoms with E-state index in [9.17, 15) is 4.91 Å². The highest BCUT2D eigenvalue weighted by molar-refractivity contribution is 4.61.